The van der Waals surface area contributed by atoms with Crippen LogP contribution in [0.5, 0.6) is 0 Å². The van der Waals surface area contributed by atoms with E-state index in [0.717, 1.165) is 24.8 Å². The van der Waals surface area contributed by atoms with Crippen molar-refractivity contribution < 1.29 is 22.7 Å². The first-order valence-electron chi connectivity index (χ1n) is 11.7. The van der Waals surface area contributed by atoms with Crippen molar-refractivity contribution in [3.8, 4) is 0 Å². The highest BCUT2D eigenvalue weighted by Crippen LogP contribution is 2.36. The third kappa shape index (κ3) is 5.33. The van der Waals surface area contributed by atoms with Gasteiger partial charge in [-0.15, -0.1) is 0 Å². The van der Waals surface area contributed by atoms with E-state index in [1.165, 1.54) is 47.0 Å². The number of hydrogen-bond acceptors (Lipinski definition) is 5. The van der Waals surface area contributed by atoms with Crippen LogP contribution in [-0.2, 0) is 26.0 Å². The lowest BCUT2D eigenvalue weighted by atomic mass is 9.97. The van der Waals surface area contributed by atoms with Crippen molar-refractivity contribution in [3.63, 3.8) is 0 Å². The Kier molecular flexibility index (Phi) is 7.36. The number of benzene rings is 2. The number of hydrogen-bond donors (Lipinski definition) is 1. The Morgan fingerprint density at radius 2 is 1.94 bits per heavy atom. The van der Waals surface area contributed by atoms with Crippen LogP contribution in [0, 0.1) is 0 Å². The van der Waals surface area contributed by atoms with Crippen molar-refractivity contribution in [1.29, 1.82) is 0 Å². The van der Waals surface area contributed by atoms with Crippen LogP contribution in [0.15, 0.2) is 65.1 Å². The van der Waals surface area contributed by atoms with Crippen molar-refractivity contribution >= 4 is 27.6 Å². The summed E-state index contributed by atoms with van der Waals surface area (Å²) in [6.07, 6.45) is 8.25. The number of anilines is 1. The summed E-state index contributed by atoms with van der Waals surface area (Å²) in [4.78, 5) is 24.6. The fraction of sp³-hybridized carbons (Fsp3) is 0.385. The fourth-order valence-electron chi connectivity index (χ4n) is 4.56. The van der Waals surface area contributed by atoms with Crippen molar-refractivity contribution in [2.24, 2.45) is 0 Å². The van der Waals surface area contributed by atoms with Gasteiger partial charge in [0.05, 0.1) is 16.1 Å². The molecular weight excluding hydrogens is 452 g/mol. The first-order valence-corrected chi connectivity index (χ1v) is 13.1. The van der Waals surface area contributed by atoms with E-state index in [2.05, 4.69) is 11.4 Å². The summed E-state index contributed by atoms with van der Waals surface area (Å²) in [5.41, 5.74) is 3.07. The smallest absolute Gasteiger partial charge is 0.338 e. The number of esters is 1. The summed E-state index contributed by atoms with van der Waals surface area (Å²) in [5.74, 6) is -1.12. The number of para-hydroxylation sites is 1. The second-order valence-corrected chi connectivity index (χ2v) is 10.6. The average molecular weight is 483 g/mol. The SMILES string of the molecule is CC1Cc2ccccc2N1S(=O)(=O)c1cccc(C(=O)OCC(=O)NCCC2=CCCCC2)c1. The van der Waals surface area contributed by atoms with Gasteiger partial charge in [-0.2, -0.15) is 0 Å². The lowest BCUT2D eigenvalue weighted by molar-refractivity contribution is -0.124. The van der Waals surface area contributed by atoms with Crippen molar-refractivity contribution in [2.75, 3.05) is 17.5 Å². The molecule has 2 aromatic rings. The number of amides is 1. The molecule has 1 atom stereocenters. The van der Waals surface area contributed by atoms with Gasteiger partial charge in [0.25, 0.3) is 15.9 Å². The predicted octanol–water partition coefficient (Wildman–Crippen LogP) is 3.99. The van der Waals surface area contributed by atoms with E-state index in [4.69, 9.17) is 4.74 Å². The Hall–Kier alpha value is -3.13. The molecule has 34 heavy (non-hydrogen) atoms. The topological polar surface area (TPSA) is 92.8 Å². The number of rotatable bonds is 8. The number of carbonyl (C=O) groups is 2. The van der Waals surface area contributed by atoms with Gasteiger partial charge in [-0.3, -0.25) is 9.10 Å². The minimum atomic E-state index is -3.87. The van der Waals surface area contributed by atoms with Gasteiger partial charge in [-0.25, -0.2) is 13.2 Å². The largest absolute Gasteiger partial charge is 0.452 e. The number of sulfonamides is 1. The average Bonchev–Trinajstić information content (AvgIpc) is 3.19. The van der Waals surface area contributed by atoms with Gasteiger partial charge < -0.3 is 10.1 Å². The molecule has 0 saturated carbocycles. The maximum atomic E-state index is 13.4. The summed E-state index contributed by atoms with van der Waals surface area (Å²) in [5, 5.41) is 2.76. The molecule has 0 spiro atoms. The molecule has 1 heterocycles. The minimum Gasteiger partial charge on any atom is -0.452 e. The summed E-state index contributed by atoms with van der Waals surface area (Å²) in [7, 11) is -3.87. The number of allylic oxidation sites excluding steroid dienone is 1. The Morgan fingerprint density at radius 3 is 2.74 bits per heavy atom. The van der Waals surface area contributed by atoms with E-state index in [9.17, 15) is 18.0 Å². The summed E-state index contributed by atoms with van der Waals surface area (Å²) >= 11 is 0. The highest BCUT2D eigenvalue weighted by Gasteiger charge is 2.36. The normalized spacial score (nSPS) is 17.6. The van der Waals surface area contributed by atoms with Crippen molar-refractivity contribution in [3.05, 3.63) is 71.3 Å². The Labute approximate surface area is 200 Å². The molecule has 1 N–H and O–H groups in total. The first kappa shape index (κ1) is 24.0. The lowest BCUT2D eigenvalue weighted by Gasteiger charge is -2.24. The molecule has 1 aliphatic carbocycles. The van der Waals surface area contributed by atoms with E-state index in [-0.39, 0.29) is 22.4 Å². The number of nitrogens with one attached hydrogen (secondary N) is 1. The van der Waals surface area contributed by atoms with E-state index in [1.807, 2.05) is 25.1 Å². The summed E-state index contributed by atoms with van der Waals surface area (Å²) < 4.78 is 33.3. The first-order chi connectivity index (χ1) is 16.4. The van der Waals surface area contributed by atoms with Crippen LogP contribution in [0.1, 0.15) is 54.9 Å². The molecule has 1 amide bonds. The molecule has 0 bridgehead atoms. The highest BCUT2D eigenvalue weighted by atomic mass is 32.2. The quantitative estimate of drug-likeness (QED) is 0.454. The zero-order chi connectivity index (χ0) is 24.1. The van der Waals surface area contributed by atoms with Crippen LogP contribution in [0.2, 0.25) is 0 Å². The third-order valence-electron chi connectivity index (χ3n) is 6.26. The molecule has 2 aliphatic rings. The molecule has 8 heteroatoms. The van der Waals surface area contributed by atoms with Gasteiger partial charge in [-0.1, -0.05) is 35.9 Å². The molecule has 0 saturated heterocycles. The second kappa shape index (κ2) is 10.4. The van der Waals surface area contributed by atoms with E-state index in [0.29, 0.717) is 18.7 Å². The van der Waals surface area contributed by atoms with Crippen LogP contribution in [0.4, 0.5) is 5.69 Å². The predicted molar refractivity (Wildman–Crippen MR) is 130 cm³/mol. The monoisotopic (exact) mass is 482 g/mol. The number of carbonyl (C=O) groups excluding carboxylic acids is 2. The summed E-state index contributed by atoms with van der Waals surface area (Å²) in [6, 6.07) is 12.9. The molecule has 1 unspecified atom stereocenters. The second-order valence-electron chi connectivity index (χ2n) is 8.79. The van der Waals surface area contributed by atoms with Crippen LogP contribution >= 0.6 is 0 Å². The standard InChI is InChI=1S/C26H30N2O5S/c1-19-16-21-10-5-6-13-24(21)28(19)34(31,32)23-12-7-11-22(17-23)26(30)33-18-25(29)27-15-14-20-8-3-2-4-9-20/h5-8,10-13,17,19H,2-4,9,14-16,18H2,1H3,(H,27,29). The lowest BCUT2D eigenvalue weighted by Crippen LogP contribution is -2.35. The fourth-order valence-corrected chi connectivity index (χ4v) is 6.30. The molecule has 1 aliphatic heterocycles. The Balaban J connectivity index is 1.37. The van der Waals surface area contributed by atoms with Crippen LogP contribution < -0.4 is 9.62 Å². The highest BCUT2D eigenvalue weighted by molar-refractivity contribution is 7.92. The molecule has 7 nitrogen and oxygen atoms in total. The molecule has 180 valence electrons. The van der Waals surface area contributed by atoms with E-state index in [1.54, 1.807) is 6.07 Å². The molecule has 0 aromatic heterocycles. The van der Waals surface area contributed by atoms with Gasteiger partial charge in [0, 0.05) is 12.6 Å². The van der Waals surface area contributed by atoms with Crippen LogP contribution in [0.25, 0.3) is 0 Å². The molecule has 2 aromatic carbocycles. The Morgan fingerprint density at radius 1 is 1.12 bits per heavy atom. The third-order valence-corrected chi connectivity index (χ3v) is 8.18. The van der Waals surface area contributed by atoms with Crippen molar-refractivity contribution in [1.82, 2.24) is 5.32 Å². The van der Waals surface area contributed by atoms with Crippen molar-refractivity contribution in [2.45, 2.75) is 56.4 Å². The van der Waals surface area contributed by atoms with E-state index < -0.39 is 22.6 Å². The zero-order valence-electron chi connectivity index (χ0n) is 19.3. The zero-order valence-corrected chi connectivity index (χ0v) is 20.1. The van der Waals surface area contributed by atoms with Crippen LogP contribution in [-0.4, -0.2) is 39.5 Å². The maximum Gasteiger partial charge on any atom is 0.338 e. The molecular formula is C26H30N2O5S. The molecule has 0 radical (unpaired) electrons. The molecule has 4 rings (SSSR count). The summed E-state index contributed by atoms with van der Waals surface area (Å²) in [6.45, 7) is 1.95. The van der Waals surface area contributed by atoms with Gasteiger partial charge in [0.15, 0.2) is 6.61 Å². The number of ether oxygens (including phenoxy) is 1. The minimum absolute atomic E-state index is 0.00992. The number of fused-ring (bicyclic) bond motifs is 1. The van der Waals surface area contributed by atoms with Crippen LogP contribution in [0.3, 0.4) is 0 Å². The van der Waals surface area contributed by atoms with Gasteiger partial charge in [0.1, 0.15) is 0 Å². The maximum absolute atomic E-state index is 13.4. The Bertz CT molecular complexity index is 1210. The van der Waals surface area contributed by atoms with E-state index >= 15 is 0 Å². The van der Waals surface area contributed by atoms with Gasteiger partial charge in [-0.05, 0) is 75.3 Å². The molecule has 0 fully saturated rings. The van der Waals surface area contributed by atoms with Gasteiger partial charge in [0.2, 0.25) is 0 Å². The number of nitrogens with zero attached hydrogens (tertiary/aromatic N) is 1. The van der Waals surface area contributed by atoms with Gasteiger partial charge >= 0.3 is 5.97 Å².